The van der Waals surface area contributed by atoms with Gasteiger partial charge in [-0.05, 0) is 30.5 Å². The second kappa shape index (κ2) is 7.62. The van der Waals surface area contributed by atoms with Crippen LogP contribution in [0.3, 0.4) is 0 Å². The van der Waals surface area contributed by atoms with E-state index in [9.17, 15) is 9.59 Å². The molecule has 1 aromatic rings. The molecule has 0 saturated heterocycles. The van der Waals surface area contributed by atoms with Gasteiger partial charge in [-0.25, -0.2) is 4.79 Å². The number of ether oxygens (including phenoxy) is 2. The minimum absolute atomic E-state index is 0.0667. The van der Waals surface area contributed by atoms with Crippen LogP contribution in [0.25, 0.3) is 6.08 Å². The van der Waals surface area contributed by atoms with Crippen molar-refractivity contribution in [1.29, 1.82) is 0 Å². The van der Waals surface area contributed by atoms with Gasteiger partial charge in [-0.2, -0.15) is 0 Å². The fourth-order valence-electron chi connectivity index (χ4n) is 2.38. The molecular weight excluding hydrogens is 268 g/mol. The molecule has 0 unspecified atom stereocenters. The Bertz CT molecular complexity index is 546. The monoisotopic (exact) mass is 288 g/mol. The van der Waals surface area contributed by atoms with E-state index in [1.54, 1.807) is 6.08 Å². The number of carbonyl (C=O) groups excluding carboxylic acids is 2. The van der Waals surface area contributed by atoms with Gasteiger partial charge >= 0.3 is 5.97 Å². The highest BCUT2D eigenvalue weighted by Crippen LogP contribution is 2.27. The Hall–Kier alpha value is -2.10. The third-order valence-electron chi connectivity index (χ3n) is 3.49. The van der Waals surface area contributed by atoms with E-state index in [4.69, 9.17) is 4.74 Å². The minimum Gasteiger partial charge on any atom is -0.493 e. The molecule has 0 aromatic heterocycles. The van der Waals surface area contributed by atoms with Gasteiger partial charge in [0.05, 0.1) is 19.3 Å². The van der Waals surface area contributed by atoms with Crippen molar-refractivity contribution >= 4 is 17.8 Å². The molecule has 0 atom stereocenters. The summed E-state index contributed by atoms with van der Waals surface area (Å²) in [5.41, 5.74) is 1.27. The van der Waals surface area contributed by atoms with Crippen LogP contribution in [0.5, 0.6) is 5.75 Å². The van der Waals surface area contributed by atoms with Gasteiger partial charge in [0, 0.05) is 12.5 Å². The number of rotatable bonds is 2. The quantitative estimate of drug-likeness (QED) is 0.618. The van der Waals surface area contributed by atoms with Crippen LogP contribution in [0.4, 0.5) is 0 Å². The first kappa shape index (κ1) is 15.3. The van der Waals surface area contributed by atoms with Crippen LogP contribution in [0.15, 0.2) is 24.3 Å². The Kier molecular flexibility index (Phi) is 5.55. The highest BCUT2D eigenvalue weighted by atomic mass is 16.5. The predicted octanol–water partition coefficient (Wildman–Crippen LogP) is 3.40. The smallest absolute Gasteiger partial charge is 0.330 e. The van der Waals surface area contributed by atoms with E-state index < -0.39 is 5.97 Å². The number of Topliss-reactive ketones (excluding diaryl/α,β-unsaturated/α-hetero) is 1. The molecule has 2 rings (SSSR count). The first-order chi connectivity index (χ1) is 10.2. The third-order valence-corrected chi connectivity index (χ3v) is 3.49. The molecule has 0 spiro atoms. The van der Waals surface area contributed by atoms with Crippen molar-refractivity contribution in [3.05, 3.63) is 35.4 Å². The van der Waals surface area contributed by atoms with Crippen LogP contribution in [0, 0.1) is 0 Å². The summed E-state index contributed by atoms with van der Waals surface area (Å²) in [7, 11) is 1.32. The lowest BCUT2D eigenvalue weighted by molar-refractivity contribution is -0.134. The molecule has 4 nitrogen and oxygen atoms in total. The Balaban J connectivity index is 2.35. The average Bonchev–Trinajstić information content (AvgIpc) is 2.51. The molecule has 1 aliphatic heterocycles. The van der Waals surface area contributed by atoms with Gasteiger partial charge in [0.2, 0.25) is 0 Å². The number of fused-ring (bicyclic) bond motifs is 1. The first-order valence-corrected chi connectivity index (χ1v) is 7.27. The van der Waals surface area contributed by atoms with Crippen molar-refractivity contribution in [2.24, 2.45) is 0 Å². The van der Waals surface area contributed by atoms with E-state index in [0.717, 1.165) is 25.7 Å². The number of benzene rings is 1. The molecular formula is C17H20O4. The van der Waals surface area contributed by atoms with Crippen LogP contribution < -0.4 is 4.74 Å². The Labute approximate surface area is 124 Å². The summed E-state index contributed by atoms with van der Waals surface area (Å²) in [4.78, 5) is 23.7. The van der Waals surface area contributed by atoms with Crippen LogP contribution >= 0.6 is 0 Å². The zero-order chi connectivity index (χ0) is 15.1. The molecule has 0 radical (unpaired) electrons. The Morgan fingerprint density at radius 3 is 2.86 bits per heavy atom. The van der Waals surface area contributed by atoms with Crippen LogP contribution in [0.2, 0.25) is 0 Å². The summed E-state index contributed by atoms with van der Waals surface area (Å²) in [6.45, 7) is 0.616. The summed E-state index contributed by atoms with van der Waals surface area (Å²) < 4.78 is 10.3. The molecule has 0 saturated carbocycles. The molecule has 1 aromatic carbocycles. The number of hydrogen-bond acceptors (Lipinski definition) is 4. The fourth-order valence-corrected chi connectivity index (χ4v) is 2.38. The number of carbonyl (C=O) groups is 2. The lowest BCUT2D eigenvalue weighted by Crippen LogP contribution is -2.09. The minimum atomic E-state index is -0.444. The zero-order valence-corrected chi connectivity index (χ0v) is 12.3. The van der Waals surface area contributed by atoms with E-state index in [-0.39, 0.29) is 5.78 Å². The maximum Gasteiger partial charge on any atom is 0.330 e. The standard InChI is InChI=1S/C17H20O4/c1-20-16(19)11-10-13-7-6-9-15-17(13)14(18)8-4-2-3-5-12-21-15/h6-7,9-11H,2-5,8,12H2,1H3/b11-10+. The van der Waals surface area contributed by atoms with Gasteiger partial charge in [-0.3, -0.25) is 4.79 Å². The lowest BCUT2D eigenvalue weighted by atomic mass is 9.97. The molecule has 4 heteroatoms. The van der Waals surface area contributed by atoms with Crippen molar-refractivity contribution < 1.29 is 19.1 Å². The molecule has 112 valence electrons. The van der Waals surface area contributed by atoms with Crippen molar-refractivity contribution in [3.8, 4) is 5.75 Å². The Morgan fingerprint density at radius 1 is 1.24 bits per heavy atom. The molecule has 0 bridgehead atoms. The second-order valence-corrected chi connectivity index (χ2v) is 5.01. The maximum atomic E-state index is 12.4. The summed E-state index contributed by atoms with van der Waals surface area (Å²) in [5, 5.41) is 0. The van der Waals surface area contributed by atoms with Gasteiger partial charge in [-0.15, -0.1) is 0 Å². The molecule has 0 N–H and O–H groups in total. The molecule has 21 heavy (non-hydrogen) atoms. The number of ketones is 1. The normalized spacial score (nSPS) is 16.1. The van der Waals surface area contributed by atoms with Gasteiger partial charge in [0.15, 0.2) is 5.78 Å². The van der Waals surface area contributed by atoms with E-state index >= 15 is 0 Å². The summed E-state index contributed by atoms with van der Waals surface area (Å²) >= 11 is 0. The van der Waals surface area contributed by atoms with Crippen molar-refractivity contribution in [3.63, 3.8) is 0 Å². The molecule has 0 fully saturated rings. The van der Waals surface area contributed by atoms with Crippen LogP contribution in [-0.2, 0) is 9.53 Å². The van der Waals surface area contributed by atoms with E-state index in [0.29, 0.717) is 29.9 Å². The predicted molar refractivity (Wildman–Crippen MR) is 80.4 cm³/mol. The zero-order valence-electron chi connectivity index (χ0n) is 12.3. The second-order valence-electron chi connectivity index (χ2n) is 5.01. The largest absolute Gasteiger partial charge is 0.493 e. The van der Waals surface area contributed by atoms with E-state index in [1.165, 1.54) is 13.2 Å². The highest BCUT2D eigenvalue weighted by Gasteiger charge is 2.17. The highest BCUT2D eigenvalue weighted by molar-refractivity contribution is 6.02. The van der Waals surface area contributed by atoms with E-state index in [1.807, 2.05) is 18.2 Å². The van der Waals surface area contributed by atoms with Crippen molar-refractivity contribution in [2.75, 3.05) is 13.7 Å². The summed E-state index contributed by atoms with van der Waals surface area (Å²) in [5.74, 6) is 0.228. The van der Waals surface area contributed by atoms with Gasteiger partial charge < -0.3 is 9.47 Å². The first-order valence-electron chi connectivity index (χ1n) is 7.27. The third kappa shape index (κ3) is 4.18. The SMILES string of the molecule is COC(=O)/C=C/c1cccc2c1C(=O)CCCCCCO2. The number of esters is 1. The van der Waals surface area contributed by atoms with Crippen LogP contribution in [-0.4, -0.2) is 25.5 Å². The van der Waals surface area contributed by atoms with Gasteiger partial charge in [0.1, 0.15) is 5.75 Å². The van der Waals surface area contributed by atoms with Gasteiger partial charge in [-0.1, -0.05) is 25.0 Å². The van der Waals surface area contributed by atoms with E-state index in [2.05, 4.69) is 4.74 Å². The topological polar surface area (TPSA) is 52.6 Å². The molecule has 1 heterocycles. The lowest BCUT2D eigenvalue weighted by Gasteiger charge is -2.15. The summed E-state index contributed by atoms with van der Waals surface area (Å²) in [6.07, 6.45) is 7.47. The average molecular weight is 288 g/mol. The van der Waals surface area contributed by atoms with Gasteiger partial charge in [0.25, 0.3) is 0 Å². The molecule has 0 aliphatic carbocycles. The molecule has 0 amide bonds. The van der Waals surface area contributed by atoms with Crippen LogP contribution in [0.1, 0.15) is 48.0 Å². The van der Waals surface area contributed by atoms with Crippen molar-refractivity contribution in [2.45, 2.75) is 32.1 Å². The number of hydrogen-bond donors (Lipinski definition) is 0. The summed E-state index contributed by atoms with van der Waals surface area (Å²) in [6, 6.07) is 5.45. The number of methoxy groups -OCH3 is 1. The maximum absolute atomic E-state index is 12.4. The fraction of sp³-hybridized carbons (Fsp3) is 0.412. The molecule has 1 aliphatic rings. The van der Waals surface area contributed by atoms with Crippen molar-refractivity contribution in [1.82, 2.24) is 0 Å². The Morgan fingerprint density at radius 2 is 2.05 bits per heavy atom.